The number of hydrazine groups is 1. The van der Waals surface area contributed by atoms with Crippen LogP contribution in [0.4, 0.5) is 4.39 Å². The second-order valence-corrected chi connectivity index (χ2v) is 4.51. The summed E-state index contributed by atoms with van der Waals surface area (Å²) in [5.41, 5.74) is 2.71. The molecule has 1 atom stereocenters. The number of hydrogen-bond acceptors (Lipinski definition) is 4. The Hall–Kier alpha value is -1.97. The molecule has 6 heteroatoms. The molecule has 1 aromatic carbocycles. The van der Waals surface area contributed by atoms with Gasteiger partial charge in [0.05, 0.1) is 12.0 Å². The Morgan fingerprint density at radius 1 is 1.63 bits per heavy atom. The normalized spacial score (nSPS) is 12.0. The molecule has 0 aliphatic rings. The van der Waals surface area contributed by atoms with Gasteiger partial charge in [0.15, 0.2) is 0 Å². The molecular weight excluding hydrogens is 247 g/mol. The lowest BCUT2D eigenvalue weighted by Crippen LogP contribution is -2.30. The molecule has 19 heavy (non-hydrogen) atoms. The van der Waals surface area contributed by atoms with Gasteiger partial charge in [0.1, 0.15) is 5.82 Å². The molecule has 0 heterocycles. The summed E-state index contributed by atoms with van der Waals surface area (Å²) in [5.74, 6) is 4.05. The molecule has 0 aromatic heterocycles. The lowest BCUT2D eigenvalue weighted by molar-refractivity contribution is 0.0953. The Balaban J connectivity index is 2.83. The Bertz CT molecular complexity index is 498. The Kier molecular flexibility index (Phi) is 5.42. The van der Waals surface area contributed by atoms with Crippen LogP contribution in [0, 0.1) is 23.1 Å². The number of rotatable bonds is 5. The summed E-state index contributed by atoms with van der Waals surface area (Å²) in [7, 11) is 1.79. The highest BCUT2D eigenvalue weighted by Crippen LogP contribution is 2.13. The maximum absolute atomic E-state index is 13.7. The van der Waals surface area contributed by atoms with Crippen LogP contribution in [0.2, 0.25) is 0 Å². The fraction of sp³-hybridized carbons (Fsp3) is 0.385. The number of carbonyl (C=O) groups is 1. The van der Waals surface area contributed by atoms with E-state index in [0.29, 0.717) is 24.2 Å². The molecule has 3 N–H and O–H groups in total. The molecule has 1 amide bonds. The van der Waals surface area contributed by atoms with Crippen LogP contribution in [0.3, 0.4) is 0 Å². The summed E-state index contributed by atoms with van der Waals surface area (Å²) in [5, 5.41) is 8.74. The van der Waals surface area contributed by atoms with E-state index in [2.05, 4.69) is 6.07 Å². The van der Waals surface area contributed by atoms with Gasteiger partial charge in [-0.2, -0.15) is 5.26 Å². The van der Waals surface area contributed by atoms with Gasteiger partial charge in [-0.05, 0) is 32.2 Å². The van der Waals surface area contributed by atoms with E-state index in [1.54, 1.807) is 14.0 Å². The molecular formula is C13H17FN4O. The SMILES string of the molecule is CC(C#N)CN(C)Cc1cc(C(=O)NN)ccc1F. The number of nitrogens with zero attached hydrogens (tertiary/aromatic N) is 2. The van der Waals surface area contributed by atoms with Gasteiger partial charge in [-0.1, -0.05) is 0 Å². The van der Waals surface area contributed by atoms with Crippen molar-refractivity contribution in [1.82, 2.24) is 10.3 Å². The molecule has 0 saturated heterocycles. The first-order valence-electron chi connectivity index (χ1n) is 5.85. The van der Waals surface area contributed by atoms with E-state index < -0.39 is 5.91 Å². The summed E-state index contributed by atoms with van der Waals surface area (Å²) in [6.45, 7) is 2.65. The predicted octanol–water partition coefficient (Wildman–Crippen LogP) is 1.02. The highest BCUT2D eigenvalue weighted by Gasteiger charge is 2.12. The first-order valence-corrected chi connectivity index (χ1v) is 5.85. The Morgan fingerprint density at radius 3 is 2.89 bits per heavy atom. The molecule has 0 fully saturated rings. The van der Waals surface area contributed by atoms with E-state index in [1.807, 2.05) is 10.3 Å². The zero-order chi connectivity index (χ0) is 14.4. The van der Waals surface area contributed by atoms with Crippen molar-refractivity contribution in [2.75, 3.05) is 13.6 Å². The molecule has 1 rings (SSSR count). The highest BCUT2D eigenvalue weighted by molar-refractivity contribution is 5.93. The van der Waals surface area contributed by atoms with Crippen molar-refractivity contribution in [2.45, 2.75) is 13.5 Å². The topological polar surface area (TPSA) is 82.2 Å². The largest absolute Gasteiger partial charge is 0.301 e. The molecule has 1 aromatic rings. The van der Waals surface area contributed by atoms with E-state index in [1.165, 1.54) is 18.2 Å². The van der Waals surface area contributed by atoms with Crippen molar-refractivity contribution in [3.63, 3.8) is 0 Å². The summed E-state index contributed by atoms with van der Waals surface area (Å²) in [4.78, 5) is 13.2. The van der Waals surface area contributed by atoms with E-state index in [4.69, 9.17) is 11.1 Å². The zero-order valence-corrected chi connectivity index (χ0v) is 11.0. The van der Waals surface area contributed by atoms with Crippen molar-refractivity contribution < 1.29 is 9.18 Å². The van der Waals surface area contributed by atoms with Gasteiger partial charge in [-0.15, -0.1) is 0 Å². The number of nitriles is 1. The van der Waals surface area contributed by atoms with Crippen LogP contribution in [0.1, 0.15) is 22.8 Å². The number of amides is 1. The second kappa shape index (κ2) is 6.83. The smallest absolute Gasteiger partial charge is 0.265 e. The van der Waals surface area contributed by atoms with Crippen LogP contribution in [0.5, 0.6) is 0 Å². The van der Waals surface area contributed by atoms with E-state index in [0.717, 1.165) is 0 Å². The Labute approximate surface area is 111 Å². The maximum Gasteiger partial charge on any atom is 0.265 e. The van der Waals surface area contributed by atoms with Crippen LogP contribution in [0.15, 0.2) is 18.2 Å². The lowest BCUT2D eigenvalue weighted by atomic mass is 10.1. The van der Waals surface area contributed by atoms with Gasteiger partial charge in [0.2, 0.25) is 0 Å². The van der Waals surface area contributed by atoms with E-state index >= 15 is 0 Å². The first-order chi connectivity index (χ1) is 8.97. The van der Waals surface area contributed by atoms with Gasteiger partial charge in [-0.3, -0.25) is 10.2 Å². The van der Waals surface area contributed by atoms with Crippen molar-refractivity contribution in [3.05, 3.63) is 35.1 Å². The van der Waals surface area contributed by atoms with Crippen molar-refractivity contribution >= 4 is 5.91 Å². The molecule has 0 aliphatic carbocycles. The third-order valence-corrected chi connectivity index (χ3v) is 2.69. The average molecular weight is 264 g/mol. The molecule has 0 spiro atoms. The van der Waals surface area contributed by atoms with Crippen LogP contribution in [-0.4, -0.2) is 24.4 Å². The fourth-order valence-corrected chi connectivity index (χ4v) is 1.78. The summed E-state index contributed by atoms with van der Waals surface area (Å²) in [6, 6.07) is 6.19. The second-order valence-electron chi connectivity index (χ2n) is 4.51. The molecule has 0 aliphatic heterocycles. The summed E-state index contributed by atoms with van der Waals surface area (Å²) < 4.78 is 13.7. The fourth-order valence-electron chi connectivity index (χ4n) is 1.78. The van der Waals surface area contributed by atoms with Gasteiger partial charge in [-0.25, -0.2) is 10.2 Å². The van der Waals surface area contributed by atoms with Crippen LogP contribution < -0.4 is 11.3 Å². The lowest BCUT2D eigenvalue weighted by Gasteiger charge is -2.18. The quantitative estimate of drug-likeness (QED) is 0.472. The molecule has 102 valence electrons. The minimum absolute atomic E-state index is 0.136. The highest BCUT2D eigenvalue weighted by atomic mass is 19.1. The third kappa shape index (κ3) is 4.32. The number of hydrogen-bond donors (Lipinski definition) is 2. The van der Waals surface area contributed by atoms with Gasteiger partial charge in [0, 0.05) is 24.2 Å². The summed E-state index contributed by atoms with van der Waals surface area (Å²) >= 11 is 0. The van der Waals surface area contributed by atoms with Crippen LogP contribution in [0.25, 0.3) is 0 Å². The minimum atomic E-state index is -0.464. The van der Waals surface area contributed by atoms with E-state index in [9.17, 15) is 9.18 Å². The maximum atomic E-state index is 13.7. The first kappa shape index (κ1) is 15.1. The van der Waals surface area contributed by atoms with Crippen molar-refractivity contribution in [3.8, 4) is 6.07 Å². The number of nitrogens with one attached hydrogen (secondary N) is 1. The zero-order valence-electron chi connectivity index (χ0n) is 11.0. The van der Waals surface area contributed by atoms with E-state index in [-0.39, 0.29) is 11.7 Å². The molecule has 0 bridgehead atoms. The average Bonchev–Trinajstić information content (AvgIpc) is 2.40. The monoisotopic (exact) mass is 264 g/mol. The molecule has 1 unspecified atom stereocenters. The predicted molar refractivity (Wildman–Crippen MR) is 69.2 cm³/mol. The molecule has 0 radical (unpaired) electrons. The van der Waals surface area contributed by atoms with Gasteiger partial charge < -0.3 is 4.90 Å². The standard InChI is InChI=1S/C13H17FN4O/c1-9(6-15)7-18(2)8-11-5-10(13(19)17-16)3-4-12(11)14/h3-5,9H,7-8,16H2,1-2H3,(H,17,19). The van der Waals surface area contributed by atoms with Gasteiger partial charge >= 0.3 is 0 Å². The molecule has 0 saturated carbocycles. The Morgan fingerprint density at radius 2 is 2.32 bits per heavy atom. The number of carbonyl (C=O) groups excluding carboxylic acids is 1. The minimum Gasteiger partial charge on any atom is -0.301 e. The summed E-state index contributed by atoms with van der Waals surface area (Å²) in [6.07, 6.45) is 0. The van der Waals surface area contributed by atoms with Gasteiger partial charge in [0.25, 0.3) is 5.91 Å². The van der Waals surface area contributed by atoms with Crippen molar-refractivity contribution in [1.29, 1.82) is 5.26 Å². The number of nitrogens with two attached hydrogens (primary N) is 1. The number of nitrogen functional groups attached to an aromatic ring is 1. The van der Waals surface area contributed by atoms with Crippen molar-refractivity contribution in [2.24, 2.45) is 11.8 Å². The van der Waals surface area contributed by atoms with Crippen LogP contribution >= 0.6 is 0 Å². The molecule has 5 nitrogen and oxygen atoms in total. The third-order valence-electron chi connectivity index (χ3n) is 2.69. The number of halogens is 1. The number of benzene rings is 1. The van der Waals surface area contributed by atoms with Crippen LogP contribution in [-0.2, 0) is 6.54 Å².